The lowest BCUT2D eigenvalue weighted by molar-refractivity contribution is -0.137. The van der Waals surface area contributed by atoms with E-state index in [0.717, 1.165) is 34.2 Å². The van der Waals surface area contributed by atoms with Gasteiger partial charge in [-0.3, -0.25) is 4.68 Å². The number of halogens is 3. The molecule has 0 spiro atoms. The van der Waals surface area contributed by atoms with Gasteiger partial charge in [0.25, 0.3) is 0 Å². The maximum atomic E-state index is 13.1. The van der Waals surface area contributed by atoms with E-state index in [1.807, 2.05) is 59.4 Å². The number of benzene rings is 3. The summed E-state index contributed by atoms with van der Waals surface area (Å²) in [5.74, 6) is 0.237. The number of nitrogens with zero attached hydrogens (tertiary/aromatic N) is 6. The SMILES string of the molecule is Nc1nc(-c2ccc3cnn(Cc4ccccc4)c3c2)cn2nc(Nc3cccc(C(F)(F)F)c3)nc12. The van der Waals surface area contributed by atoms with Crippen LogP contribution in [-0.4, -0.2) is 29.4 Å². The van der Waals surface area contributed by atoms with Crippen molar-refractivity contribution in [3.05, 3.63) is 96.3 Å². The zero-order chi connectivity index (χ0) is 25.6. The van der Waals surface area contributed by atoms with Crippen molar-refractivity contribution in [3.8, 4) is 11.3 Å². The molecule has 0 radical (unpaired) electrons. The highest BCUT2D eigenvalue weighted by atomic mass is 19.4. The van der Waals surface area contributed by atoms with E-state index in [1.165, 1.54) is 16.6 Å². The average molecular weight is 500 g/mol. The molecule has 6 rings (SSSR count). The first kappa shape index (κ1) is 22.5. The summed E-state index contributed by atoms with van der Waals surface area (Å²) in [7, 11) is 0. The smallest absolute Gasteiger partial charge is 0.381 e. The molecule has 0 fully saturated rings. The molecule has 3 aromatic heterocycles. The monoisotopic (exact) mass is 500 g/mol. The van der Waals surface area contributed by atoms with E-state index < -0.39 is 11.7 Å². The molecule has 3 heterocycles. The predicted molar refractivity (Wildman–Crippen MR) is 134 cm³/mol. The second kappa shape index (κ2) is 8.63. The summed E-state index contributed by atoms with van der Waals surface area (Å²) >= 11 is 0. The normalized spacial score (nSPS) is 11.9. The summed E-state index contributed by atoms with van der Waals surface area (Å²) in [4.78, 5) is 8.79. The summed E-state index contributed by atoms with van der Waals surface area (Å²) in [6, 6.07) is 20.7. The molecule has 0 unspecified atom stereocenters. The van der Waals surface area contributed by atoms with Crippen molar-refractivity contribution in [2.45, 2.75) is 12.7 Å². The Morgan fingerprint density at radius 2 is 1.76 bits per heavy atom. The minimum atomic E-state index is -4.45. The second-order valence-corrected chi connectivity index (χ2v) is 8.48. The Morgan fingerprint density at radius 3 is 2.57 bits per heavy atom. The van der Waals surface area contributed by atoms with E-state index in [1.54, 1.807) is 6.20 Å². The summed E-state index contributed by atoms with van der Waals surface area (Å²) in [6.07, 6.45) is -0.962. The molecule has 3 N–H and O–H groups in total. The van der Waals surface area contributed by atoms with Gasteiger partial charge in [0.1, 0.15) is 0 Å². The van der Waals surface area contributed by atoms with E-state index in [4.69, 9.17) is 5.73 Å². The largest absolute Gasteiger partial charge is 0.416 e. The summed E-state index contributed by atoms with van der Waals surface area (Å²) in [5, 5.41) is 12.7. The molecule has 0 atom stereocenters. The predicted octanol–water partition coefficient (Wildman–Crippen LogP) is 5.53. The lowest BCUT2D eigenvalue weighted by atomic mass is 10.1. The topological polar surface area (TPSA) is 99.0 Å². The summed E-state index contributed by atoms with van der Waals surface area (Å²) in [6.45, 7) is 0.621. The van der Waals surface area contributed by atoms with Gasteiger partial charge in [0, 0.05) is 16.6 Å². The Bertz CT molecular complexity index is 1740. The van der Waals surface area contributed by atoms with Gasteiger partial charge in [-0.1, -0.05) is 48.5 Å². The van der Waals surface area contributed by atoms with Crippen molar-refractivity contribution in [2.75, 3.05) is 11.1 Å². The van der Waals surface area contributed by atoms with Gasteiger partial charge in [-0.25, -0.2) is 9.50 Å². The van der Waals surface area contributed by atoms with Crippen LogP contribution in [0.15, 0.2) is 85.2 Å². The van der Waals surface area contributed by atoms with E-state index in [0.29, 0.717) is 12.2 Å². The summed E-state index contributed by atoms with van der Waals surface area (Å²) < 4.78 is 42.5. The minimum Gasteiger partial charge on any atom is -0.381 e. The van der Waals surface area contributed by atoms with E-state index in [-0.39, 0.29) is 23.1 Å². The Hall–Kier alpha value is -4.93. The number of alkyl halides is 3. The highest BCUT2D eigenvalue weighted by Crippen LogP contribution is 2.31. The van der Waals surface area contributed by atoms with Crippen LogP contribution in [0, 0.1) is 0 Å². The summed E-state index contributed by atoms with van der Waals surface area (Å²) in [5.41, 5.74) is 9.33. The number of nitrogens with one attached hydrogen (secondary N) is 1. The number of hydrogen-bond acceptors (Lipinski definition) is 6. The number of nitrogen functional groups attached to an aromatic ring is 1. The highest BCUT2D eigenvalue weighted by molar-refractivity contribution is 5.84. The van der Waals surface area contributed by atoms with Gasteiger partial charge in [-0.15, -0.1) is 5.10 Å². The van der Waals surface area contributed by atoms with Gasteiger partial charge in [0.2, 0.25) is 5.95 Å². The van der Waals surface area contributed by atoms with Crippen LogP contribution in [0.3, 0.4) is 0 Å². The molecule has 0 aliphatic rings. The van der Waals surface area contributed by atoms with Crippen molar-refractivity contribution in [1.29, 1.82) is 0 Å². The third-order valence-electron chi connectivity index (χ3n) is 5.91. The Balaban J connectivity index is 1.33. The second-order valence-electron chi connectivity index (χ2n) is 8.48. The molecule has 3 aromatic carbocycles. The number of fused-ring (bicyclic) bond motifs is 2. The molecule has 11 heteroatoms. The van der Waals surface area contributed by atoms with Gasteiger partial charge >= 0.3 is 6.18 Å². The lowest BCUT2D eigenvalue weighted by Crippen LogP contribution is -2.05. The third kappa shape index (κ3) is 4.42. The fourth-order valence-corrected chi connectivity index (χ4v) is 4.12. The number of nitrogens with two attached hydrogens (primary N) is 1. The zero-order valence-corrected chi connectivity index (χ0v) is 19.2. The minimum absolute atomic E-state index is 0.0985. The van der Waals surface area contributed by atoms with Crippen molar-refractivity contribution >= 4 is 34.0 Å². The van der Waals surface area contributed by atoms with Crippen molar-refractivity contribution in [3.63, 3.8) is 0 Å². The average Bonchev–Trinajstić information content (AvgIpc) is 3.48. The van der Waals surface area contributed by atoms with E-state index >= 15 is 0 Å². The maximum absolute atomic E-state index is 13.1. The van der Waals surface area contributed by atoms with Crippen LogP contribution in [-0.2, 0) is 12.7 Å². The molecule has 0 aliphatic heterocycles. The van der Waals surface area contributed by atoms with Crippen molar-refractivity contribution in [1.82, 2.24) is 29.4 Å². The van der Waals surface area contributed by atoms with Crippen LogP contribution in [0.25, 0.3) is 27.8 Å². The Kier molecular flexibility index (Phi) is 5.25. The molecule has 0 saturated carbocycles. The van der Waals surface area contributed by atoms with Crippen LogP contribution >= 0.6 is 0 Å². The van der Waals surface area contributed by atoms with Crippen LogP contribution in [0.1, 0.15) is 11.1 Å². The third-order valence-corrected chi connectivity index (χ3v) is 5.91. The number of rotatable bonds is 5. The molecule has 37 heavy (non-hydrogen) atoms. The van der Waals surface area contributed by atoms with Gasteiger partial charge < -0.3 is 11.1 Å². The zero-order valence-electron chi connectivity index (χ0n) is 19.2. The van der Waals surface area contributed by atoms with Crippen molar-refractivity contribution < 1.29 is 13.2 Å². The van der Waals surface area contributed by atoms with Crippen LogP contribution in [0.5, 0.6) is 0 Å². The molecule has 0 amide bonds. The first-order chi connectivity index (χ1) is 17.8. The van der Waals surface area contributed by atoms with Crippen LogP contribution < -0.4 is 11.1 Å². The van der Waals surface area contributed by atoms with E-state index in [2.05, 4.69) is 25.5 Å². The highest BCUT2D eigenvalue weighted by Gasteiger charge is 2.30. The molecular weight excluding hydrogens is 481 g/mol. The number of hydrogen-bond donors (Lipinski definition) is 2. The standard InChI is InChI=1S/C26H19F3N8/c27-26(28,29)19-7-4-8-20(12-19)32-25-34-24-23(30)33-21(15-37(24)35-25)17-9-10-18-13-31-36(22(18)11-17)14-16-5-2-1-3-6-16/h1-13,15H,14H2,(H2,30,33)(H,32,35). The number of aromatic nitrogens is 6. The fourth-order valence-electron chi connectivity index (χ4n) is 4.12. The van der Waals surface area contributed by atoms with Gasteiger partial charge in [0.05, 0.1) is 35.7 Å². The van der Waals surface area contributed by atoms with Crippen molar-refractivity contribution in [2.24, 2.45) is 0 Å². The van der Waals surface area contributed by atoms with Gasteiger partial charge in [-0.2, -0.15) is 23.3 Å². The lowest BCUT2D eigenvalue weighted by Gasteiger charge is -2.08. The molecule has 6 aromatic rings. The molecule has 0 saturated heterocycles. The quantitative estimate of drug-likeness (QED) is 0.323. The molecule has 8 nitrogen and oxygen atoms in total. The van der Waals surface area contributed by atoms with E-state index in [9.17, 15) is 13.2 Å². The fraction of sp³-hybridized carbons (Fsp3) is 0.0769. The molecule has 184 valence electrons. The van der Waals surface area contributed by atoms with Crippen LogP contribution in [0.4, 0.5) is 30.6 Å². The Morgan fingerprint density at radius 1 is 0.919 bits per heavy atom. The molecule has 0 bridgehead atoms. The van der Waals surface area contributed by atoms with Gasteiger partial charge in [-0.05, 0) is 29.8 Å². The van der Waals surface area contributed by atoms with Gasteiger partial charge in [0.15, 0.2) is 11.5 Å². The first-order valence-corrected chi connectivity index (χ1v) is 11.3. The Labute approximate surface area is 208 Å². The maximum Gasteiger partial charge on any atom is 0.416 e. The number of anilines is 3. The van der Waals surface area contributed by atoms with Crippen LogP contribution in [0.2, 0.25) is 0 Å². The first-order valence-electron chi connectivity index (χ1n) is 11.3. The molecular formula is C26H19F3N8. The molecule has 0 aliphatic carbocycles.